The minimum atomic E-state index is -0.345. The van der Waals surface area contributed by atoms with Crippen LogP contribution >= 0.6 is 0 Å². The number of nitrogens with zero attached hydrogens (tertiary/aromatic N) is 1. The molecule has 22 heavy (non-hydrogen) atoms. The lowest BCUT2D eigenvalue weighted by molar-refractivity contribution is -0.126. The Kier molecular flexibility index (Phi) is 6.52. The van der Waals surface area contributed by atoms with Crippen LogP contribution in [0.2, 0.25) is 0 Å². The topological polar surface area (TPSA) is 58.6 Å². The van der Waals surface area contributed by atoms with E-state index in [-0.39, 0.29) is 24.1 Å². The molecule has 1 N–H and O–H groups in total. The fourth-order valence-corrected chi connectivity index (χ4v) is 3.30. The summed E-state index contributed by atoms with van der Waals surface area (Å²) in [5, 5.41) is 3.16. The van der Waals surface area contributed by atoms with Gasteiger partial charge in [-0.2, -0.15) is 0 Å². The van der Waals surface area contributed by atoms with Gasteiger partial charge >= 0.3 is 6.09 Å². The van der Waals surface area contributed by atoms with Gasteiger partial charge in [0, 0.05) is 12.6 Å². The van der Waals surface area contributed by atoms with E-state index in [1.54, 1.807) is 4.90 Å². The van der Waals surface area contributed by atoms with E-state index >= 15 is 0 Å². The lowest BCUT2D eigenvalue weighted by Crippen LogP contribution is -2.49. The zero-order valence-corrected chi connectivity index (χ0v) is 14.0. The van der Waals surface area contributed by atoms with E-state index in [9.17, 15) is 9.59 Å². The van der Waals surface area contributed by atoms with Crippen molar-refractivity contribution in [2.24, 2.45) is 5.92 Å². The molecule has 1 saturated heterocycles. The quantitative estimate of drug-likeness (QED) is 0.812. The highest BCUT2D eigenvalue weighted by molar-refractivity contribution is 5.86. The number of carbonyl (C=O) groups excluding carboxylic acids is 2. The molecule has 0 radical (unpaired) electrons. The van der Waals surface area contributed by atoms with Crippen molar-refractivity contribution in [2.75, 3.05) is 13.2 Å². The van der Waals surface area contributed by atoms with Gasteiger partial charge in [0.2, 0.25) is 5.91 Å². The molecule has 5 heteroatoms. The highest BCUT2D eigenvalue weighted by Crippen LogP contribution is 2.21. The van der Waals surface area contributed by atoms with E-state index < -0.39 is 0 Å². The van der Waals surface area contributed by atoms with Gasteiger partial charge < -0.3 is 10.1 Å². The summed E-state index contributed by atoms with van der Waals surface area (Å²) in [5.41, 5.74) is 0. The summed E-state index contributed by atoms with van der Waals surface area (Å²) in [4.78, 5) is 26.3. The molecule has 1 atom stereocenters. The molecule has 5 nitrogen and oxygen atoms in total. The minimum Gasteiger partial charge on any atom is -0.449 e. The van der Waals surface area contributed by atoms with Crippen molar-refractivity contribution >= 4 is 12.0 Å². The van der Waals surface area contributed by atoms with Gasteiger partial charge in [0.15, 0.2) is 0 Å². The number of carbonyl (C=O) groups is 2. The van der Waals surface area contributed by atoms with Crippen LogP contribution < -0.4 is 5.32 Å². The lowest BCUT2D eigenvalue weighted by atomic mass is 10.1. The first-order chi connectivity index (χ1) is 10.6. The van der Waals surface area contributed by atoms with E-state index in [1.165, 1.54) is 25.7 Å². The number of hydrogen-bond acceptors (Lipinski definition) is 3. The summed E-state index contributed by atoms with van der Waals surface area (Å²) < 4.78 is 5.28. The van der Waals surface area contributed by atoms with E-state index in [4.69, 9.17) is 4.74 Å². The van der Waals surface area contributed by atoms with Crippen molar-refractivity contribution in [1.82, 2.24) is 10.2 Å². The molecule has 126 valence electrons. The van der Waals surface area contributed by atoms with Gasteiger partial charge in [-0.25, -0.2) is 4.79 Å². The average molecular weight is 310 g/mol. The summed E-state index contributed by atoms with van der Waals surface area (Å²) in [7, 11) is 0. The second-order valence-corrected chi connectivity index (χ2v) is 7.02. The molecule has 0 spiro atoms. The Labute approximate surface area is 133 Å². The Bertz CT molecular complexity index is 376. The van der Waals surface area contributed by atoms with Crippen LogP contribution in [0.5, 0.6) is 0 Å². The van der Waals surface area contributed by atoms with E-state index in [0.29, 0.717) is 19.1 Å². The van der Waals surface area contributed by atoms with Gasteiger partial charge in [-0.1, -0.05) is 39.5 Å². The van der Waals surface area contributed by atoms with Crippen LogP contribution in [0.25, 0.3) is 0 Å². The van der Waals surface area contributed by atoms with Gasteiger partial charge in [0.25, 0.3) is 0 Å². The smallest absolute Gasteiger partial charge is 0.410 e. The minimum absolute atomic E-state index is 0.00546. The Morgan fingerprint density at radius 3 is 2.41 bits per heavy atom. The molecule has 0 aromatic rings. The van der Waals surface area contributed by atoms with Gasteiger partial charge in [-0.15, -0.1) is 0 Å². The van der Waals surface area contributed by atoms with Gasteiger partial charge in [0.1, 0.15) is 6.04 Å². The van der Waals surface area contributed by atoms with Gasteiger partial charge in [-0.05, 0) is 31.6 Å². The van der Waals surface area contributed by atoms with Crippen molar-refractivity contribution < 1.29 is 14.3 Å². The maximum atomic E-state index is 12.5. The molecular weight excluding hydrogens is 280 g/mol. The summed E-state index contributed by atoms with van der Waals surface area (Å²) in [6.07, 6.45) is 8.33. The molecule has 2 fully saturated rings. The predicted molar refractivity (Wildman–Crippen MR) is 85.5 cm³/mol. The molecule has 0 aromatic carbocycles. The van der Waals surface area contributed by atoms with Crippen LogP contribution in [-0.4, -0.2) is 42.1 Å². The second-order valence-electron chi connectivity index (χ2n) is 7.02. The SMILES string of the molecule is CC(C)COC(=O)N1CCCC1C(=O)NC1CCCCCC1. The average Bonchev–Trinajstić information content (AvgIpc) is 2.84. The number of nitrogens with one attached hydrogen (secondary N) is 1. The molecule has 1 unspecified atom stereocenters. The van der Waals surface area contributed by atoms with Crippen LogP contribution in [0.4, 0.5) is 4.79 Å². The number of rotatable bonds is 4. The fourth-order valence-electron chi connectivity index (χ4n) is 3.30. The van der Waals surface area contributed by atoms with Crippen LogP contribution in [0, 0.1) is 5.92 Å². The third-order valence-corrected chi connectivity index (χ3v) is 4.53. The molecule has 0 aromatic heterocycles. The van der Waals surface area contributed by atoms with Crippen LogP contribution in [-0.2, 0) is 9.53 Å². The third kappa shape index (κ3) is 4.89. The zero-order valence-electron chi connectivity index (χ0n) is 14.0. The molecule has 0 bridgehead atoms. The largest absolute Gasteiger partial charge is 0.449 e. The standard InChI is InChI=1S/C17H30N2O3/c1-13(2)12-22-17(21)19-11-7-10-15(19)16(20)18-14-8-5-3-4-6-9-14/h13-15H,3-12H2,1-2H3,(H,18,20). The fraction of sp³-hybridized carbons (Fsp3) is 0.882. The van der Waals surface area contributed by atoms with Crippen molar-refractivity contribution in [2.45, 2.75) is 77.3 Å². The molecule has 1 aliphatic carbocycles. The van der Waals surface area contributed by atoms with Gasteiger partial charge in [-0.3, -0.25) is 9.69 Å². The van der Waals surface area contributed by atoms with Crippen LogP contribution in [0.15, 0.2) is 0 Å². The third-order valence-electron chi connectivity index (χ3n) is 4.53. The first-order valence-corrected chi connectivity index (χ1v) is 8.81. The van der Waals surface area contributed by atoms with Crippen LogP contribution in [0.3, 0.4) is 0 Å². The van der Waals surface area contributed by atoms with E-state index in [0.717, 1.165) is 25.7 Å². The Balaban J connectivity index is 1.85. The normalized spacial score (nSPS) is 23.4. The van der Waals surface area contributed by atoms with E-state index in [2.05, 4.69) is 5.32 Å². The maximum Gasteiger partial charge on any atom is 0.410 e. The summed E-state index contributed by atoms with van der Waals surface area (Å²) in [6.45, 7) is 5.05. The van der Waals surface area contributed by atoms with Crippen molar-refractivity contribution in [3.63, 3.8) is 0 Å². The number of hydrogen-bond donors (Lipinski definition) is 1. The molecule has 2 rings (SSSR count). The number of likely N-dealkylation sites (tertiary alicyclic amines) is 1. The number of ether oxygens (including phenoxy) is 1. The lowest BCUT2D eigenvalue weighted by Gasteiger charge is -2.26. The van der Waals surface area contributed by atoms with Crippen molar-refractivity contribution in [1.29, 1.82) is 0 Å². The Hall–Kier alpha value is -1.26. The second kappa shape index (κ2) is 8.39. The maximum absolute atomic E-state index is 12.5. The Morgan fingerprint density at radius 1 is 1.09 bits per heavy atom. The highest BCUT2D eigenvalue weighted by atomic mass is 16.6. The highest BCUT2D eigenvalue weighted by Gasteiger charge is 2.35. The van der Waals surface area contributed by atoms with Crippen molar-refractivity contribution in [3.05, 3.63) is 0 Å². The zero-order chi connectivity index (χ0) is 15.9. The number of amides is 2. The first kappa shape index (κ1) is 17.1. The molecule has 2 aliphatic rings. The molecule has 2 amide bonds. The van der Waals surface area contributed by atoms with E-state index in [1.807, 2.05) is 13.8 Å². The Morgan fingerprint density at radius 2 is 1.77 bits per heavy atom. The first-order valence-electron chi connectivity index (χ1n) is 8.81. The molecule has 1 heterocycles. The predicted octanol–water partition coefficient (Wildman–Crippen LogP) is 3.08. The molecule has 1 saturated carbocycles. The van der Waals surface area contributed by atoms with Crippen molar-refractivity contribution in [3.8, 4) is 0 Å². The molecular formula is C17H30N2O3. The van der Waals surface area contributed by atoms with Gasteiger partial charge in [0.05, 0.1) is 6.61 Å². The summed E-state index contributed by atoms with van der Waals surface area (Å²) in [5.74, 6) is 0.315. The monoisotopic (exact) mass is 310 g/mol. The van der Waals surface area contributed by atoms with Crippen LogP contribution in [0.1, 0.15) is 65.2 Å². The summed E-state index contributed by atoms with van der Waals surface area (Å²) in [6, 6.07) is -0.0629. The summed E-state index contributed by atoms with van der Waals surface area (Å²) >= 11 is 0. The molecule has 1 aliphatic heterocycles.